The van der Waals surface area contributed by atoms with Gasteiger partial charge in [0.15, 0.2) is 0 Å². The van der Waals surface area contributed by atoms with Gasteiger partial charge in [0.1, 0.15) is 5.82 Å². The summed E-state index contributed by atoms with van der Waals surface area (Å²) in [6, 6.07) is 6.32. The number of amides is 1. The van der Waals surface area contributed by atoms with Crippen LogP contribution in [0, 0.1) is 5.82 Å². The highest BCUT2D eigenvalue weighted by Gasteiger charge is 2.47. The zero-order chi connectivity index (χ0) is 18.3. The first-order chi connectivity index (χ1) is 12.4. The minimum Gasteiger partial charge on any atom is -0.309 e. The van der Waals surface area contributed by atoms with Gasteiger partial charge in [-0.2, -0.15) is 5.10 Å². The van der Waals surface area contributed by atoms with Crippen molar-refractivity contribution in [3.8, 4) is 0 Å². The number of hydrogen-bond acceptors (Lipinski definition) is 4. The number of carbonyl (C=O) groups excluding carboxylic acids is 1. The number of nitrogens with zero attached hydrogens (tertiary/aromatic N) is 5. The van der Waals surface area contributed by atoms with Crippen molar-refractivity contribution in [3.05, 3.63) is 48.0 Å². The van der Waals surface area contributed by atoms with Gasteiger partial charge in [0.2, 0.25) is 5.91 Å². The molecule has 2 aliphatic rings. The molecule has 0 saturated carbocycles. The lowest BCUT2D eigenvalue weighted by atomic mass is 9.92. The van der Waals surface area contributed by atoms with Gasteiger partial charge in [0.05, 0.1) is 18.3 Å². The summed E-state index contributed by atoms with van der Waals surface area (Å²) in [5, 5.41) is 4.24. The number of likely N-dealkylation sites (tertiary alicyclic amines) is 1. The maximum atomic E-state index is 13.6. The predicted octanol–water partition coefficient (Wildman–Crippen LogP) is 1.48. The van der Waals surface area contributed by atoms with Gasteiger partial charge in [-0.15, -0.1) is 0 Å². The Bertz CT molecular complexity index is 822. The van der Waals surface area contributed by atoms with E-state index in [1.807, 2.05) is 37.2 Å². The second-order valence-corrected chi connectivity index (χ2v) is 7.52. The van der Waals surface area contributed by atoms with Crippen LogP contribution in [-0.2, 0) is 18.4 Å². The maximum Gasteiger partial charge on any atom is 0.241 e. The van der Waals surface area contributed by atoms with Crippen molar-refractivity contribution >= 4 is 11.6 Å². The molecule has 2 aliphatic heterocycles. The molecule has 1 spiro atoms. The summed E-state index contributed by atoms with van der Waals surface area (Å²) in [7, 11) is 3.95. The molecule has 1 atom stereocenters. The fourth-order valence-electron chi connectivity index (χ4n) is 4.17. The van der Waals surface area contributed by atoms with Gasteiger partial charge < -0.3 is 4.90 Å². The minimum absolute atomic E-state index is 0.0226. The molecule has 0 N–H and O–H groups in total. The van der Waals surface area contributed by atoms with E-state index in [0.29, 0.717) is 18.8 Å². The van der Waals surface area contributed by atoms with Gasteiger partial charge in [0.25, 0.3) is 0 Å². The minimum atomic E-state index is -0.312. The topological polar surface area (TPSA) is 44.6 Å². The van der Waals surface area contributed by atoms with E-state index in [0.717, 1.165) is 26.1 Å². The molecule has 7 heteroatoms. The van der Waals surface area contributed by atoms with E-state index >= 15 is 0 Å². The Kier molecular flexibility index (Phi) is 4.28. The molecule has 0 bridgehead atoms. The van der Waals surface area contributed by atoms with Crippen molar-refractivity contribution in [1.82, 2.24) is 19.6 Å². The van der Waals surface area contributed by atoms with Crippen LogP contribution in [0.2, 0.25) is 0 Å². The Balaban J connectivity index is 1.52. The Labute approximate surface area is 152 Å². The Morgan fingerprint density at radius 1 is 1.27 bits per heavy atom. The summed E-state index contributed by atoms with van der Waals surface area (Å²) in [5.74, 6) is -0.290. The van der Waals surface area contributed by atoms with Crippen LogP contribution in [0.15, 0.2) is 36.7 Å². The maximum absolute atomic E-state index is 13.6. The van der Waals surface area contributed by atoms with Gasteiger partial charge in [-0.25, -0.2) is 4.39 Å². The molecule has 0 aliphatic carbocycles. The molecule has 3 heterocycles. The van der Waals surface area contributed by atoms with Crippen LogP contribution in [0.4, 0.5) is 10.1 Å². The predicted molar refractivity (Wildman–Crippen MR) is 97.2 cm³/mol. The second kappa shape index (κ2) is 6.48. The normalized spacial score (nSPS) is 24.7. The monoisotopic (exact) mass is 357 g/mol. The second-order valence-electron chi connectivity index (χ2n) is 7.52. The third-order valence-corrected chi connectivity index (χ3v) is 5.63. The number of aryl methyl sites for hydroxylation is 1. The molecule has 6 nitrogen and oxygen atoms in total. The number of likely N-dealkylation sites (N-methyl/N-ethyl adjacent to an activating group) is 1. The van der Waals surface area contributed by atoms with Crippen molar-refractivity contribution in [2.45, 2.75) is 18.5 Å². The number of hydrogen-bond donors (Lipinski definition) is 0. The van der Waals surface area contributed by atoms with Crippen LogP contribution < -0.4 is 4.90 Å². The number of benzene rings is 1. The van der Waals surface area contributed by atoms with Crippen LogP contribution in [0.3, 0.4) is 0 Å². The smallest absolute Gasteiger partial charge is 0.241 e. The van der Waals surface area contributed by atoms with Gasteiger partial charge >= 0.3 is 0 Å². The molecule has 2 saturated heterocycles. The average Bonchev–Trinajstić information content (AvgIpc) is 3.19. The highest BCUT2D eigenvalue weighted by Crippen LogP contribution is 2.34. The van der Waals surface area contributed by atoms with Gasteiger partial charge in [0, 0.05) is 50.7 Å². The summed E-state index contributed by atoms with van der Waals surface area (Å²) in [6.07, 6.45) is 4.93. The van der Waals surface area contributed by atoms with Crippen LogP contribution in [-0.4, -0.2) is 64.3 Å². The van der Waals surface area contributed by atoms with Gasteiger partial charge in [-0.1, -0.05) is 6.07 Å². The Morgan fingerprint density at radius 2 is 2.12 bits per heavy atom. The molecular weight excluding hydrogens is 333 g/mol. The van der Waals surface area contributed by atoms with Crippen LogP contribution >= 0.6 is 0 Å². The first-order valence-electron chi connectivity index (χ1n) is 8.92. The number of anilines is 1. The summed E-state index contributed by atoms with van der Waals surface area (Å²) in [4.78, 5) is 18.9. The van der Waals surface area contributed by atoms with Gasteiger partial charge in [-0.3, -0.25) is 19.3 Å². The quantitative estimate of drug-likeness (QED) is 0.835. The van der Waals surface area contributed by atoms with Crippen molar-refractivity contribution in [2.24, 2.45) is 7.05 Å². The highest BCUT2D eigenvalue weighted by molar-refractivity contribution is 5.96. The lowest BCUT2D eigenvalue weighted by Gasteiger charge is -2.47. The van der Waals surface area contributed by atoms with Crippen LogP contribution in [0.5, 0.6) is 0 Å². The number of carbonyl (C=O) groups is 1. The van der Waals surface area contributed by atoms with Crippen molar-refractivity contribution in [2.75, 3.05) is 38.1 Å². The van der Waals surface area contributed by atoms with Crippen molar-refractivity contribution in [1.29, 1.82) is 0 Å². The number of piperazine rings is 1. The van der Waals surface area contributed by atoms with E-state index in [4.69, 9.17) is 0 Å². The van der Waals surface area contributed by atoms with Crippen molar-refractivity contribution in [3.63, 3.8) is 0 Å². The first kappa shape index (κ1) is 17.2. The molecular formula is C19H24FN5O. The van der Waals surface area contributed by atoms with E-state index in [-0.39, 0.29) is 17.3 Å². The van der Waals surface area contributed by atoms with Crippen molar-refractivity contribution < 1.29 is 9.18 Å². The molecule has 0 radical (unpaired) electrons. The fraction of sp³-hybridized carbons (Fsp3) is 0.474. The summed E-state index contributed by atoms with van der Waals surface area (Å²) >= 11 is 0. The molecule has 4 rings (SSSR count). The Hall–Kier alpha value is -2.25. The summed E-state index contributed by atoms with van der Waals surface area (Å²) in [6.45, 7) is 3.67. The van der Waals surface area contributed by atoms with Crippen LogP contribution in [0.25, 0.3) is 0 Å². The van der Waals surface area contributed by atoms with E-state index in [2.05, 4.69) is 14.9 Å². The largest absolute Gasteiger partial charge is 0.309 e. The molecule has 1 amide bonds. The van der Waals surface area contributed by atoms with Crippen LogP contribution in [0.1, 0.15) is 12.0 Å². The standard InChI is InChI=1S/C19H24FN5O/c1-22-12-18(26)25(17-5-3-4-16(20)8-17)14-19(22)6-7-24(13-19)11-15-9-21-23(2)10-15/h3-5,8-10H,6-7,11-14H2,1-2H3. The summed E-state index contributed by atoms with van der Waals surface area (Å²) < 4.78 is 15.5. The number of aromatic nitrogens is 2. The average molecular weight is 357 g/mol. The third kappa shape index (κ3) is 3.12. The van der Waals surface area contributed by atoms with E-state index in [1.165, 1.54) is 17.7 Å². The highest BCUT2D eigenvalue weighted by atomic mass is 19.1. The SMILES string of the molecule is CN1CC(=O)N(c2cccc(F)c2)CC12CCN(Cc1cnn(C)c1)C2. The number of rotatable bonds is 3. The molecule has 138 valence electrons. The van der Waals surface area contributed by atoms with Gasteiger partial charge in [-0.05, 0) is 31.7 Å². The van der Waals surface area contributed by atoms with E-state index in [1.54, 1.807) is 11.0 Å². The molecule has 2 aromatic rings. The van der Waals surface area contributed by atoms with E-state index < -0.39 is 0 Å². The number of halogens is 1. The molecule has 1 aromatic carbocycles. The molecule has 1 unspecified atom stereocenters. The third-order valence-electron chi connectivity index (χ3n) is 5.63. The zero-order valence-electron chi connectivity index (χ0n) is 15.2. The van der Waals surface area contributed by atoms with E-state index in [9.17, 15) is 9.18 Å². The fourth-order valence-corrected chi connectivity index (χ4v) is 4.17. The molecule has 26 heavy (non-hydrogen) atoms. The lowest BCUT2D eigenvalue weighted by molar-refractivity contribution is -0.123. The lowest BCUT2D eigenvalue weighted by Crippen LogP contribution is -2.64. The first-order valence-corrected chi connectivity index (χ1v) is 8.92. The molecule has 2 fully saturated rings. The molecule has 1 aromatic heterocycles. The summed E-state index contributed by atoms with van der Waals surface area (Å²) in [5.41, 5.74) is 1.75. The zero-order valence-corrected chi connectivity index (χ0v) is 15.2. The Morgan fingerprint density at radius 3 is 2.85 bits per heavy atom.